The predicted molar refractivity (Wildman–Crippen MR) is 116 cm³/mol. The van der Waals surface area contributed by atoms with E-state index in [1.807, 2.05) is 0 Å². The number of benzene rings is 2. The van der Waals surface area contributed by atoms with Crippen molar-refractivity contribution in [2.75, 3.05) is 11.1 Å². The Kier molecular flexibility index (Phi) is 7.54. The van der Waals surface area contributed by atoms with Crippen molar-refractivity contribution >= 4 is 69.8 Å². The van der Waals surface area contributed by atoms with Crippen molar-refractivity contribution in [3.05, 3.63) is 62.4 Å². The van der Waals surface area contributed by atoms with Gasteiger partial charge in [-0.3, -0.25) is 4.79 Å². The molecule has 152 valence electrons. The van der Waals surface area contributed by atoms with Crippen molar-refractivity contribution in [1.82, 2.24) is 10.2 Å². The number of carbonyl (C=O) groups excluding carboxylic acids is 1. The first kappa shape index (κ1) is 22.1. The van der Waals surface area contributed by atoms with Gasteiger partial charge in [-0.2, -0.15) is 0 Å². The highest BCUT2D eigenvalue weighted by Crippen LogP contribution is 2.31. The van der Waals surface area contributed by atoms with Crippen LogP contribution in [0.4, 0.5) is 5.69 Å². The lowest BCUT2D eigenvalue weighted by atomic mass is 10.3. The summed E-state index contributed by atoms with van der Waals surface area (Å²) in [6.07, 6.45) is -0.544. The minimum Gasteiger partial charge on any atom is -0.479 e. The summed E-state index contributed by atoms with van der Waals surface area (Å²) >= 11 is 24.9. The molecule has 2 aromatic carbocycles. The number of nitrogens with zero attached hydrogens (tertiary/aromatic N) is 2. The van der Waals surface area contributed by atoms with Gasteiger partial charge < -0.3 is 14.5 Å². The zero-order chi connectivity index (χ0) is 21.0. The van der Waals surface area contributed by atoms with Gasteiger partial charge in [-0.1, -0.05) is 58.2 Å². The van der Waals surface area contributed by atoms with Gasteiger partial charge in [0.1, 0.15) is 5.75 Å². The third-order valence-corrected chi connectivity index (χ3v) is 5.40. The number of thioether (sulfide) groups is 1. The molecule has 1 amide bonds. The number of hydrogen-bond donors (Lipinski definition) is 1. The molecule has 1 heterocycles. The monoisotopic (exact) mass is 491 g/mol. The van der Waals surface area contributed by atoms with Crippen molar-refractivity contribution < 1.29 is 13.9 Å². The lowest BCUT2D eigenvalue weighted by Crippen LogP contribution is -2.14. The third kappa shape index (κ3) is 6.17. The smallest absolute Gasteiger partial charge is 0.277 e. The second kappa shape index (κ2) is 9.91. The van der Waals surface area contributed by atoms with Crippen molar-refractivity contribution in [3.8, 4) is 5.75 Å². The number of amides is 1. The molecule has 0 aliphatic carbocycles. The number of rotatable bonds is 7. The molecule has 6 nitrogen and oxygen atoms in total. The van der Waals surface area contributed by atoms with Crippen LogP contribution in [0.2, 0.25) is 20.1 Å². The molecule has 0 aliphatic rings. The molecule has 0 saturated carbocycles. The average molecular weight is 493 g/mol. The second-order valence-corrected chi connectivity index (χ2v) is 8.32. The van der Waals surface area contributed by atoms with Crippen LogP contribution in [-0.4, -0.2) is 21.9 Å². The van der Waals surface area contributed by atoms with Gasteiger partial charge in [0.15, 0.2) is 6.10 Å². The van der Waals surface area contributed by atoms with Crippen molar-refractivity contribution in [3.63, 3.8) is 0 Å². The first-order chi connectivity index (χ1) is 13.8. The van der Waals surface area contributed by atoms with E-state index < -0.39 is 6.10 Å². The third-order valence-electron chi connectivity index (χ3n) is 3.50. The summed E-state index contributed by atoms with van der Waals surface area (Å²) in [5, 5.41) is 12.5. The van der Waals surface area contributed by atoms with Crippen LogP contribution in [0.25, 0.3) is 0 Å². The fourth-order valence-corrected chi connectivity index (χ4v) is 3.64. The lowest BCUT2D eigenvalue weighted by Gasteiger charge is -2.12. The summed E-state index contributed by atoms with van der Waals surface area (Å²) in [4.78, 5) is 12.1. The first-order valence-corrected chi connectivity index (χ1v) is 10.6. The highest BCUT2D eigenvalue weighted by Gasteiger charge is 2.18. The molecule has 0 fully saturated rings. The topological polar surface area (TPSA) is 77.2 Å². The summed E-state index contributed by atoms with van der Waals surface area (Å²) < 4.78 is 11.3. The van der Waals surface area contributed by atoms with Crippen LogP contribution in [0.3, 0.4) is 0 Å². The molecule has 11 heteroatoms. The van der Waals surface area contributed by atoms with Gasteiger partial charge in [0, 0.05) is 10.0 Å². The van der Waals surface area contributed by atoms with E-state index in [0.29, 0.717) is 31.5 Å². The molecule has 3 aromatic rings. The van der Waals surface area contributed by atoms with E-state index in [2.05, 4.69) is 15.5 Å². The van der Waals surface area contributed by atoms with Crippen LogP contribution in [0.5, 0.6) is 5.75 Å². The Morgan fingerprint density at radius 2 is 1.79 bits per heavy atom. The van der Waals surface area contributed by atoms with Crippen LogP contribution in [0, 0.1) is 0 Å². The minimum absolute atomic E-state index is 0.0544. The summed E-state index contributed by atoms with van der Waals surface area (Å²) in [7, 11) is 0. The summed E-state index contributed by atoms with van der Waals surface area (Å²) in [5.41, 5.74) is 0.467. The standard InChI is InChI=1S/C18H13Cl4N3O3S/c1-9(27-15-5-3-11(20)7-13(15)22)17-24-25-18(28-17)29-8-16(26)23-14-4-2-10(19)6-12(14)21/h2-7,9H,8H2,1H3,(H,23,26)/t9-/m1/s1. The molecule has 1 atom stereocenters. The Morgan fingerprint density at radius 1 is 1.10 bits per heavy atom. The zero-order valence-corrected chi connectivity index (χ0v) is 18.6. The fourth-order valence-electron chi connectivity index (χ4n) is 2.16. The first-order valence-electron chi connectivity index (χ1n) is 8.14. The highest BCUT2D eigenvalue weighted by atomic mass is 35.5. The lowest BCUT2D eigenvalue weighted by molar-refractivity contribution is -0.113. The second-order valence-electron chi connectivity index (χ2n) is 5.70. The van der Waals surface area contributed by atoms with Crippen molar-refractivity contribution in [1.29, 1.82) is 0 Å². The Morgan fingerprint density at radius 3 is 2.48 bits per heavy atom. The Bertz CT molecular complexity index is 1030. The van der Waals surface area contributed by atoms with E-state index >= 15 is 0 Å². The number of carbonyl (C=O) groups is 1. The molecule has 0 unspecified atom stereocenters. The normalized spacial score (nSPS) is 11.9. The van der Waals surface area contributed by atoms with E-state index in [1.54, 1.807) is 43.3 Å². The zero-order valence-electron chi connectivity index (χ0n) is 14.8. The molecule has 0 aliphatic heterocycles. The molecule has 0 bridgehead atoms. The molecule has 29 heavy (non-hydrogen) atoms. The Balaban J connectivity index is 1.54. The van der Waals surface area contributed by atoms with E-state index in [9.17, 15) is 4.79 Å². The summed E-state index contributed by atoms with van der Waals surface area (Å²) in [6.45, 7) is 1.74. The van der Waals surface area contributed by atoms with Crippen LogP contribution >= 0.6 is 58.2 Å². The minimum atomic E-state index is -0.544. The van der Waals surface area contributed by atoms with E-state index in [4.69, 9.17) is 55.6 Å². The summed E-state index contributed by atoms with van der Waals surface area (Å²) in [6, 6.07) is 9.69. The SMILES string of the molecule is C[C@@H](Oc1ccc(Cl)cc1Cl)c1nnc(SCC(=O)Nc2ccc(Cl)cc2Cl)o1. The van der Waals surface area contributed by atoms with Crippen LogP contribution in [0.15, 0.2) is 46.0 Å². The Hall–Kier alpha value is -1.64. The molecule has 0 spiro atoms. The van der Waals surface area contributed by atoms with Gasteiger partial charge in [0.25, 0.3) is 11.1 Å². The van der Waals surface area contributed by atoms with Gasteiger partial charge in [0.2, 0.25) is 5.91 Å². The average Bonchev–Trinajstić information content (AvgIpc) is 3.14. The van der Waals surface area contributed by atoms with Gasteiger partial charge in [0.05, 0.1) is 21.5 Å². The number of aromatic nitrogens is 2. The predicted octanol–water partition coefficient (Wildman–Crippen LogP) is 6.55. The molecule has 1 aromatic heterocycles. The van der Waals surface area contributed by atoms with Crippen LogP contribution in [-0.2, 0) is 4.79 Å². The molecule has 1 N–H and O–H groups in total. The molecule has 0 saturated heterocycles. The van der Waals surface area contributed by atoms with E-state index in [-0.39, 0.29) is 22.8 Å². The number of nitrogens with one attached hydrogen (secondary N) is 1. The molecular weight excluding hydrogens is 480 g/mol. The quantitative estimate of drug-likeness (QED) is 0.376. The van der Waals surface area contributed by atoms with Crippen molar-refractivity contribution in [2.24, 2.45) is 0 Å². The highest BCUT2D eigenvalue weighted by molar-refractivity contribution is 7.99. The number of halogens is 4. The van der Waals surface area contributed by atoms with Crippen LogP contribution in [0.1, 0.15) is 18.9 Å². The van der Waals surface area contributed by atoms with Gasteiger partial charge in [-0.25, -0.2) is 0 Å². The maximum atomic E-state index is 12.1. The van der Waals surface area contributed by atoms with E-state index in [1.165, 1.54) is 0 Å². The molecular formula is C18H13Cl4N3O3S. The molecule has 0 radical (unpaired) electrons. The van der Waals surface area contributed by atoms with Crippen LogP contribution < -0.4 is 10.1 Å². The maximum absolute atomic E-state index is 12.1. The molecule has 3 rings (SSSR count). The Labute approximate surface area is 190 Å². The van der Waals surface area contributed by atoms with Gasteiger partial charge in [-0.05, 0) is 43.3 Å². The van der Waals surface area contributed by atoms with Gasteiger partial charge >= 0.3 is 0 Å². The summed E-state index contributed by atoms with van der Waals surface area (Å²) in [5.74, 6) is 0.463. The number of anilines is 1. The van der Waals surface area contributed by atoms with Crippen molar-refractivity contribution in [2.45, 2.75) is 18.3 Å². The maximum Gasteiger partial charge on any atom is 0.277 e. The number of hydrogen-bond acceptors (Lipinski definition) is 6. The largest absolute Gasteiger partial charge is 0.479 e. The van der Waals surface area contributed by atoms with Gasteiger partial charge in [-0.15, -0.1) is 10.2 Å². The fraction of sp³-hybridized carbons (Fsp3) is 0.167. The number of ether oxygens (including phenoxy) is 1. The van der Waals surface area contributed by atoms with E-state index in [0.717, 1.165) is 11.8 Å².